The van der Waals surface area contributed by atoms with E-state index in [1.807, 2.05) is 59.5 Å². The van der Waals surface area contributed by atoms with Gasteiger partial charge in [-0.05, 0) is 55.1 Å². The van der Waals surface area contributed by atoms with Crippen molar-refractivity contribution in [3.63, 3.8) is 0 Å². The Balaban J connectivity index is 1.30. The van der Waals surface area contributed by atoms with Crippen molar-refractivity contribution in [2.24, 2.45) is 0 Å². The summed E-state index contributed by atoms with van der Waals surface area (Å²) in [6.07, 6.45) is 1.44. The number of anilines is 2. The number of nitriles is 1. The van der Waals surface area contributed by atoms with Crippen molar-refractivity contribution >= 4 is 40.9 Å². The van der Waals surface area contributed by atoms with E-state index in [0.717, 1.165) is 43.0 Å². The Morgan fingerprint density at radius 2 is 1.73 bits per heavy atom. The number of nitrogens with zero attached hydrogens (tertiary/aromatic N) is 8. The number of aromatic nitrogens is 4. The van der Waals surface area contributed by atoms with Crippen molar-refractivity contribution in [3.8, 4) is 29.3 Å². The molecular weight excluding hydrogens is 560 g/mol. The molecule has 12 heteroatoms. The first-order chi connectivity index (χ1) is 20.0. The van der Waals surface area contributed by atoms with Crippen molar-refractivity contribution in [1.29, 1.82) is 5.26 Å². The number of rotatable bonds is 6. The molecule has 6 rings (SSSR count). The monoisotopic (exact) mass is 584 g/mol. The van der Waals surface area contributed by atoms with Crippen LogP contribution < -0.4 is 14.5 Å². The van der Waals surface area contributed by atoms with E-state index in [1.165, 1.54) is 6.20 Å². The summed E-state index contributed by atoms with van der Waals surface area (Å²) in [5.41, 5.74) is 2.99. The largest absolute Gasteiger partial charge is 0.405 e. The lowest BCUT2D eigenvalue weighted by molar-refractivity contribution is -0.115. The molecule has 0 spiro atoms. The average Bonchev–Trinajstić information content (AvgIpc) is 3.39. The third-order valence-electron chi connectivity index (χ3n) is 6.88. The fraction of sp³-hybridized carbons (Fsp3) is 0.241. The van der Waals surface area contributed by atoms with E-state index in [2.05, 4.69) is 31.8 Å². The van der Waals surface area contributed by atoms with Gasteiger partial charge in [0.2, 0.25) is 17.7 Å². The minimum atomic E-state index is -0.133. The fourth-order valence-electron chi connectivity index (χ4n) is 4.62. The van der Waals surface area contributed by atoms with Gasteiger partial charge in [0, 0.05) is 54.7 Å². The zero-order valence-corrected chi connectivity index (χ0v) is 23.7. The highest BCUT2D eigenvalue weighted by molar-refractivity contribution is 8.00. The lowest BCUT2D eigenvalue weighted by Crippen LogP contribution is -2.45. The Kier molecular flexibility index (Phi) is 7.69. The molecule has 4 heterocycles. The minimum absolute atomic E-state index is 0.0471. The number of carbonyl (C=O) groups excluding carboxylic acids is 1. The molecule has 10 nitrogen and oxygen atoms in total. The standard InChI is InChI=1S/C29H25ClN8O2S/c1-36-12-14-37(15-13-36)28-33-26(34-29(35-28)40-24-11-2-19(16-31)17-32-24)20-5-9-23(10-6-20)38-25(39)18-41-27(38)21-3-7-22(30)8-4-21/h2-11,17,27H,12-15,18H2,1H3. The highest BCUT2D eigenvalue weighted by Gasteiger charge is 2.34. The first-order valence-corrected chi connectivity index (χ1v) is 14.4. The summed E-state index contributed by atoms with van der Waals surface area (Å²) in [6.45, 7) is 3.32. The molecule has 2 aliphatic rings. The maximum absolute atomic E-state index is 12.9. The van der Waals surface area contributed by atoms with Crippen LogP contribution in [0.1, 0.15) is 16.5 Å². The molecule has 1 unspecified atom stereocenters. The zero-order valence-electron chi connectivity index (χ0n) is 22.1. The Hall–Kier alpha value is -4.24. The highest BCUT2D eigenvalue weighted by atomic mass is 35.5. The van der Waals surface area contributed by atoms with E-state index < -0.39 is 0 Å². The molecule has 1 amide bonds. The Morgan fingerprint density at radius 3 is 2.41 bits per heavy atom. The summed E-state index contributed by atoms with van der Waals surface area (Å²) in [6, 6.07) is 20.6. The van der Waals surface area contributed by atoms with E-state index in [4.69, 9.17) is 26.6 Å². The molecular formula is C29H25ClN8O2S. The summed E-state index contributed by atoms with van der Waals surface area (Å²) in [7, 11) is 2.09. The van der Waals surface area contributed by atoms with E-state index in [1.54, 1.807) is 23.9 Å². The number of likely N-dealkylation sites (N-methyl/N-ethyl adjacent to an activating group) is 1. The van der Waals surface area contributed by atoms with Crippen molar-refractivity contribution in [2.75, 3.05) is 48.8 Å². The van der Waals surface area contributed by atoms with Crippen molar-refractivity contribution in [2.45, 2.75) is 5.37 Å². The molecule has 0 bridgehead atoms. The van der Waals surface area contributed by atoms with E-state index in [0.29, 0.717) is 28.1 Å². The number of pyridine rings is 1. The Bertz CT molecular complexity index is 1590. The molecule has 41 heavy (non-hydrogen) atoms. The molecule has 2 aliphatic heterocycles. The Morgan fingerprint density at radius 1 is 0.976 bits per heavy atom. The van der Waals surface area contributed by atoms with Gasteiger partial charge in [-0.2, -0.15) is 20.2 Å². The predicted octanol–water partition coefficient (Wildman–Crippen LogP) is 4.78. The van der Waals surface area contributed by atoms with Crippen LogP contribution in [0.25, 0.3) is 11.4 Å². The van der Waals surface area contributed by atoms with E-state index >= 15 is 0 Å². The maximum Gasteiger partial charge on any atom is 0.328 e. The van der Waals surface area contributed by atoms with Crippen LogP contribution in [0.5, 0.6) is 11.9 Å². The Labute approximate surface area is 246 Å². The van der Waals surface area contributed by atoms with Gasteiger partial charge in [-0.15, -0.1) is 11.8 Å². The van der Waals surface area contributed by atoms with Gasteiger partial charge in [-0.1, -0.05) is 23.7 Å². The quantitative estimate of drug-likeness (QED) is 0.314. The smallest absolute Gasteiger partial charge is 0.328 e. The van der Waals surface area contributed by atoms with Crippen molar-refractivity contribution < 1.29 is 9.53 Å². The average molecular weight is 585 g/mol. The number of amides is 1. The predicted molar refractivity (Wildman–Crippen MR) is 158 cm³/mol. The number of hydrogen-bond acceptors (Lipinski definition) is 10. The number of benzene rings is 2. The van der Waals surface area contributed by atoms with Crippen LogP contribution in [0.15, 0.2) is 66.9 Å². The summed E-state index contributed by atoms with van der Waals surface area (Å²) >= 11 is 7.67. The first kappa shape index (κ1) is 27.0. The van der Waals surface area contributed by atoms with Gasteiger partial charge in [-0.25, -0.2) is 4.98 Å². The molecule has 206 valence electrons. The second-order valence-electron chi connectivity index (χ2n) is 9.66. The molecule has 2 fully saturated rings. The molecule has 2 saturated heterocycles. The van der Waals surface area contributed by atoms with Crippen LogP contribution in [0.2, 0.25) is 5.02 Å². The summed E-state index contributed by atoms with van der Waals surface area (Å²) in [5, 5.41) is 9.59. The number of piperazine rings is 1. The van der Waals surface area contributed by atoms with Gasteiger partial charge >= 0.3 is 6.01 Å². The van der Waals surface area contributed by atoms with Gasteiger partial charge in [0.1, 0.15) is 11.4 Å². The fourth-order valence-corrected chi connectivity index (χ4v) is 5.92. The second-order valence-corrected chi connectivity index (χ2v) is 11.2. The lowest BCUT2D eigenvalue weighted by Gasteiger charge is -2.32. The number of hydrogen-bond donors (Lipinski definition) is 0. The molecule has 0 aliphatic carbocycles. The van der Waals surface area contributed by atoms with E-state index in [9.17, 15) is 4.79 Å². The molecule has 0 radical (unpaired) electrons. The SMILES string of the molecule is CN1CCN(c2nc(Oc3ccc(C#N)cn3)nc(-c3ccc(N4C(=O)CSC4c4ccc(Cl)cc4)cc3)n2)CC1. The van der Waals surface area contributed by atoms with Gasteiger partial charge < -0.3 is 14.5 Å². The van der Waals surface area contributed by atoms with Gasteiger partial charge in [0.15, 0.2) is 5.82 Å². The third kappa shape index (κ3) is 5.95. The van der Waals surface area contributed by atoms with Crippen LogP contribution in [-0.4, -0.2) is 69.7 Å². The molecule has 2 aromatic heterocycles. The van der Waals surface area contributed by atoms with Crippen LogP contribution in [-0.2, 0) is 4.79 Å². The maximum atomic E-state index is 12.9. The van der Waals surface area contributed by atoms with Crippen LogP contribution in [0.4, 0.5) is 11.6 Å². The van der Waals surface area contributed by atoms with Crippen LogP contribution in [0.3, 0.4) is 0 Å². The molecule has 0 saturated carbocycles. The molecule has 1 atom stereocenters. The summed E-state index contributed by atoms with van der Waals surface area (Å²) in [4.78, 5) is 37.2. The van der Waals surface area contributed by atoms with Crippen LogP contribution in [0, 0.1) is 11.3 Å². The zero-order chi connectivity index (χ0) is 28.3. The summed E-state index contributed by atoms with van der Waals surface area (Å²) in [5.74, 6) is 1.69. The van der Waals surface area contributed by atoms with Crippen molar-refractivity contribution in [1.82, 2.24) is 24.8 Å². The lowest BCUT2D eigenvalue weighted by atomic mass is 10.1. The minimum Gasteiger partial charge on any atom is -0.405 e. The number of halogens is 1. The summed E-state index contributed by atoms with van der Waals surface area (Å²) < 4.78 is 5.90. The molecule has 4 aromatic rings. The van der Waals surface area contributed by atoms with Gasteiger partial charge in [0.05, 0.1) is 11.3 Å². The van der Waals surface area contributed by atoms with Gasteiger partial charge in [-0.3, -0.25) is 9.69 Å². The second kappa shape index (κ2) is 11.7. The number of carbonyl (C=O) groups is 1. The molecule has 0 N–H and O–H groups in total. The first-order valence-electron chi connectivity index (χ1n) is 13.0. The topological polar surface area (TPSA) is 111 Å². The van der Waals surface area contributed by atoms with E-state index in [-0.39, 0.29) is 23.2 Å². The normalized spacial score (nSPS) is 17.5. The van der Waals surface area contributed by atoms with Crippen LogP contribution >= 0.6 is 23.4 Å². The number of thioether (sulfide) groups is 1. The van der Waals surface area contributed by atoms with Gasteiger partial charge in [0.25, 0.3) is 0 Å². The highest BCUT2D eigenvalue weighted by Crippen LogP contribution is 2.42. The van der Waals surface area contributed by atoms with Crippen molar-refractivity contribution in [3.05, 3.63) is 83.0 Å². The third-order valence-corrected chi connectivity index (χ3v) is 8.34. The molecule has 2 aromatic carbocycles. The number of ether oxygens (including phenoxy) is 1.